The van der Waals surface area contributed by atoms with Gasteiger partial charge in [-0.1, -0.05) is 24.3 Å². The van der Waals surface area contributed by atoms with Crippen LogP contribution in [0.3, 0.4) is 0 Å². The molecule has 1 amide bonds. The third kappa shape index (κ3) is 3.89. The van der Waals surface area contributed by atoms with Crippen LogP contribution in [0.1, 0.15) is 40.4 Å². The van der Waals surface area contributed by atoms with E-state index in [4.69, 9.17) is 14.2 Å². The molecule has 1 N–H and O–H groups in total. The summed E-state index contributed by atoms with van der Waals surface area (Å²) in [5.74, 6) is 0.249. The first-order valence-electron chi connectivity index (χ1n) is 9.14. The van der Waals surface area contributed by atoms with Gasteiger partial charge in [0.1, 0.15) is 13.2 Å². The number of carbonyl (C=O) groups excluding carboxylic acids is 2. The topological polar surface area (TPSA) is 73.9 Å². The van der Waals surface area contributed by atoms with Gasteiger partial charge in [-0.05, 0) is 48.6 Å². The van der Waals surface area contributed by atoms with Gasteiger partial charge in [0, 0.05) is 0 Å². The third-order valence-corrected chi connectivity index (χ3v) is 4.82. The van der Waals surface area contributed by atoms with Crippen molar-refractivity contribution < 1.29 is 23.8 Å². The maximum absolute atomic E-state index is 12.3. The number of fused-ring (bicyclic) bond motifs is 2. The fourth-order valence-corrected chi connectivity index (χ4v) is 3.52. The predicted molar refractivity (Wildman–Crippen MR) is 98.0 cm³/mol. The summed E-state index contributed by atoms with van der Waals surface area (Å²) in [6.07, 6.45) is 2.94. The van der Waals surface area contributed by atoms with Gasteiger partial charge in [-0.25, -0.2) is 4.79 Å². The molecule has 1 aliphatic heterocycles. The van der Waals surface area contributed by atoms with E-state index in [0.717, 1.165) is 24.8 Å². The van der Waals surface area contributed by atoms with Crippen molar-refractivity contribution in [3.8, 4) is 11.5 Å². The molecule has 0 saturated heterocycles. The number of aryl methyl sites for hydroxylation is 1. The molecule has 6 nitrogen and oxygen atoms in total. The van der Waals surface area contributed by atoms with Gasteiger partial charge >= 0.3 is 5.97 Å². The number of hydrogen-bond acceptors (Lipinski definition) is 5. The summed E-state index contributed by atoms with van der Waals surface area (Å²) in [5, 5.41) is 2.97. The molecule has 1 unspecified atom stereocenters. The fourth-order valence-electron chi connectivity index (χ4n) is 3.52. The number of amides is 1. The van der Waals surface area contributed by atoms with E-state index >= 15 is 0 Å². The SMILES string of the molecule is O=C(COC(=O)c1ccc2c(c1)OCCO2)NC1CCCc2ccccc21. The van der Waals surface area contributed by atoms with Crippen molar-refractivity contribution in [2.75, 3.05) is 19.8 Å². The highest BCUT2D eigenvalue weighted by Gasteiger charge is 2.22. The lowest BCUT2D eigenvalue weighted by Gasteiger charge is -2.26. The molecule has 0 radical (unpaired) electrons. The van der Waals surface area contributed by atoms with Crippen molar-refractivity contribution in [3.05, 3.63) is 59.2 Å². The average molecular weight is 367 g/mol. The van der Waals surface area contributed by atoms with Gasteiger partial charge in [0.25, 0.3) is 5.91 Å². The maximum Gasteiger partial charge on any atom is 0.338 e. The molecule has 1 heterocycles. The molecule has 0 bridgehead atoms. The van der Waals surface area contributed by atoms with Crippen molar-refractivity contribution in [2.45, 2.75) is 25.3 Å². The van der Waals surface area contributed by atoms with E-state index < -0.39 is 5.97 Å². The number of carbonyl (C=O) groups is 2. The Hall–Kier alpha value is -3.02. The number of hydrogen-bond donors (Lipinski definition) is 1. The lowest BCUT2D eigenvalue weighted by molar-refractivity contribution is -0.125. The molecule has 6 heteroatoms. The Balaban J connectivity index is 1.34. The predicted octanol–water partition coefficient (Wildman–Crippen LogP) is 2.81. The minimum atomic E-state index is -0.564. The molecule has 2 aliphatic rings. The smallest absolute Gasteiger partial charge is 0.338 e. The van der Waals surface area contributed by atoms with E-state index in [9.17, 15) is 9.59 Å². The Bertz CT molecular complexity index is 863. The van der Waals surface area contributed by atoms with E-state index in [1.807, 2.05) is 18.2 Å². The average Bonchev–Trinajstić information content (AvgIpc) is 2.72. The summed E-state index contributed by atoms with van der Waals surface area (Å²) in [7, 11) is 0. The molecule has 2 aromatic carbocycles. The molecule has 27 heavy (non-hydrogen) atoms. The van der Waals surface area contributed by atoms with Crippen LogP contribution in [0.2, 0.25) is 0 Å². The van der Waals surface area contributed by atoms with Crippen molar-refractivity contribution in [2.24, 2.45) is 0 Å². The van der Waals surface area contributed by atoms with Crippen LogP contribution in [0.15, 0.2) is 42.5 Å². The van der Waals surface area contributed by atoms with Gasteiger partial charge in [0.15, 0.2) is 18.1 Å². The monoisotopic (exact) mass is 367 g/mol. The zero-order valence-electron chi connectivity index (χ0n) is 14.9. The largest absolute Gasteiger partial charge is 0.486 e. The molecule has 140 valence electrons. The summed E-state index contributed by atoms with van der Waals surface area (Å²) in [6, 6.07) is 12.9. The van der Waals surface area contributed by atoms with Gasteiger partial charge < -0.3 is 19.5 Å². The highest BCUT2D eigenvalue weighted by molar-refractivity contribution is 5.92. The van der Waals surface area contributed by atoms with E-state index in [0.29, 0.717) is 30.3 Å². The Kier molecular flexibility index (Phi) is 4.96. The summed E-state index contributed by atoms with van der Waals surface area (Å²) >= 11 is 0. The fraction of sp³-hybridized carbons (Fsp3) is 0.333. The molecular formula is C21H21NO5. The quantitative estimate of drug-likeness (QED) is 0.841. The molecule has 4 rings (SSSR count). The zero-order chi connectivity index (χ0) is 18.6. The number of rotatable bonds is 4. The summed E-state index contributed by atoms with van der Waals surface area (Å²) in [5.41, 5.74) is 2.74. The summed E-state index contributed by atoms with van der Waals surface area (Å²) < 4.78 is 16.1. The number of benzene rings is 2. The molecule has 0 spiro atoms. The number of nitrogens with one attached hydrogen (secondary N) is 1. The number of ether oxygens (including phenoxy) is 3. The zero-order valence-corrected chi connectivity index (χ0v) is 14.9. The molecule has 1 atom stereocenters. The second kappa shape index (κ2) is 7.70. The Morgan fingerprint density at radius 2 is 1.89 bits per heavy atom. The lowest BCUT2D eigenvalue weighted by atomic mass is 9.88. The highest BCUT2D eigenvalue weighted by Crippen LogP contribution is 2.31. The van der Waals surface area contributed by atoms with E-state index in [2.05, 4.69) is 11.4 Å². The third-order valence-electron chi connectivity index (χ3n) is 4.82. The van der Waals surface area contributed by atoms with Gasteiger partial charge in [-0.15, -0.1) is 0 Å². The maximum atomic E-state index is 12.3. The summed E-state index contributed by atoms with van der Waals surface area (Å²) in [6.45, 7) is 0.615. The van der Waals surface area contributed by atoms with E-state index in [-0.39, 0.29) is 18.6 Å². The molecular weight excluding hydrogens is 346 g/mol. The van der Waals surface area contributed by atoms with Gasteiger partial charge in [-0.3, -0.25) is 4.79 Å². The number of esters is 1. The molecule has 0 aromatic heterocycles. The van der Waals surface area contributed by atoms with Crippen LogP contribution in [-0.4, -0.2) is 31.7 Å². The minimum absolute atomic E-state index is 0.0320. The van der Waals surface area contributed by atoms with Crippen LogP contribution in [0, 0.1) is 0 Å². The van der Waals surface area contributed by atoms with Crippen LogP contribution in [0.25, 0.3) is 0 Å². The first-order valence-corrected chi connectivity index (χ1v) is 9.14. The van der Waals surface area contributed by atoms with Crippen LogP contribution >= 0.6 is 0 Å². The van der Waals surface area contributed by atoms with Crippen molar-refractivity contribution in [3.63, 3.8) is 0 Å². The molecule has 2 aromatic rings. The van der Waals surface area contributed by atoms with Gasteiger partial charge in [-0.2, -0.15) is 0 Å². The first kappa shape index (κ1) is 17.4. The second-order valence-corrected chi connectivity index (χ2v) is 6.65. The molecule has 0 saturated carbocycles. The standard InChI is InChI=1S/C21H21NO5/c23-20(22-17-7-3-5-14-4-1-2-6-16(14)17)13-27-21(24)15-8-9-18-19(12-15)26-11-10-25-18/h1-2,4,6,8-9,12,17H,3,5,7,10-11,13H2,(H,22,23). The van der Waals surface area contributed by atoms with E-state index in [1.54, 1.807) is 18.2 Å². The Labute approximate surface area is 157 Å². The Morgan fingerprint density at radius 1 is 1.07 bits per heavy atom. The van der Waals surface area contributed by atoms with Crippen LogP contribution in [0.5, 0.6) is 11.5 Å². The van der Waals surface area contributed by atoms with Crippen LogP contribution in [0.4, 0.5) is 0 Å². The molecule has 0 fully saturated rings. The van der Waals surface area contributed by atoms with Gasteiger partial charge in [0.05, 0.1) is 11.6 Å². The van der Waals surface area contributed by atoms with Crippen LogP contribution in [-0.2, 0) is 16.0 Å². The van der Waals surface area contributed by atoms with Crippen molar-refractivity contribution in [1.29, 1.82) is 0 Å². The van der Waals surface area contributed by atoms with Crippen molar-refractivity contribution >= 4 is 11.9 Å². The minimum Gasteiger partial charge on any atom is -0.486 e. The Morgan fingerprint density at radius 3 is 2.78 bits per heavy atom. The van der Waals surface area contributed by atoms with Crippen LogP contribution < -0.4 is 14.8 Å². The van der Waals surface area contributed by atoms with Crippen molar-refractivity contribution in [1.82, 2.24) is 5.32 Å². The van der Waals surface area contributed by atoms with Gasteiger partial charge in [0.2, 0.25) is 0 Å². The second-order valence-electron chi connectivity index (χ2n) is 6.65. The molecule has 1 aliphatic carbocycles. The summed E-state index contributed by atoms with van der Waals surface area (Å²) in [4.78, 5) is 24.5. The first-order chi connectivity index (χ1) is 13.2. The van der Waals surface area contributed by atoms with E-state index in [1.165, 1.54) is 5.56 Å². The highest BCUT2D eigenvalue weighted by atomic mass is 16.6. The normalized spacial score (nSPS) is 17.6. The lowest BCUT2D eigenvalue weighted by Crippen LogP contribution is -2.34.